The van der Waals surface area contributed by atoms with Crippen LogP contribution >= 0.6 is 24.0 Å². The Hall–Kier alpha value is -1.88. The summed E-state index contributed by atoms with van der Waals surface area (Å²) in [5.74, 6) is 0.472. The molecule has 1 atom stereocenters. The molecule has 1 aromatic carbocycles. The number of urea groups is 1. The zero-order valence-electron chi connectivity index (χ0n) is 16.8. The molecule has 28 heavy (non-hydrogen) atoms. The van der Waals surface area contributed by atoms with Gasteiger partial charge < -0.3 is 16.0 Å². The zero-order valence-corrected chi connectivity index (χ0v) is 19.1. The SMILES string of the molecule is CN=C(NCCC(C)N(C)Cc1ccccc1)NCCN1C(=O)CNC1=O.I. The van der Waals surface area contributed by atoms with Crippen molar-refractivity contribution >= 4 is 41.9 Å². The molecule has 0 aliphatic carbocycles. The molecule has 1 heterocycles. The summed E-state index contributed by atoms with van der Waals surface area (Å²) in [6.45, 7) is 4.77. The number of aliphatic imine (C=N–C) groups is 1. The fourth-order valence-corrected chi connectivity index (χ4v) is 2.84. The highest BCUT2D eigenvalue weighted by Crippen LogP contribution is 2.07. The zero-order chi connectivity index (χ0) is 19.6. The van der Waals surface area contributed by atoms with Gasteiger partial charge in [0.05, 0.1) is 6.54 Å². The fourth-order valence-electron chi connectivity index (χ4n) is 2.84. The molecule has 2 rings (SSSR count). The number of amides is 3. The van der Waals surface area contributed by atoms with Crippen LogP contribution in [0, 0.1) is 0 Å². The van der Waals surface area contributed by atoms with Crippen LogP contribution in [-0.2, 0) is 11.3 Å². The van der Waals surface area contributed by atoms with Crippen molar-refractivity contribution in [3.05, 3.63) is 35.9 Å². The van der Waals surface area contributed by atoms with Crippen molar-refractivity contribution in [2.45, 2.75) is 25.9 Å². The van der Waals surface area contributed by atoms with E-state index in [1.807, 2.05) is 6.07 Å². The Labute approximate surface area is 184 Å². The largest absolute Gasteiger partial charge is 0.356 e. The normalized spacial score (nSPS) is 15.3. The maximum absolute atomic E-state index is 11.5. The van der Waals surface area contributed by atoms with Gasteiger partial charge in [-0.2, -0.15) is 0 Å². The molecule has 1 fully saturated rings. The van der Waals surface area contributed by atoms with Crippen molar-refractivity contribution in [2.75, 3.05) is 40.3 Å². The molecular weight excluding hydrogens is 471 g/mol. The van der Waals surface area contributed by atoms with E-state index < -0.39 is 0 Å². The highest BCUT2D eigenvalue weighted by Gasteiger charge is 2.27. The summed E-state index contributed by atoms with van der Waals surface area (Å²) in [5, 5.41) is 8.91. The molecule has 9 heteroatoms. The highest BCUT2D eigenvalue weighted by molar-refractivity contribution is 14.0. The third-order valence-electron chi connectivity index (χ3n) is 4.67. The van der Waals surface area contributed by atoms with Crippen molar-refractivity contribution in [1.29, 1.82) is 0 Å². The molecule has 0 bridgehead atoms. The predicted molar refractivity (Wildman–Crippen MR) is 122 cm³/mol. The molecule has 8 nitrogen and oxygen atoms in total. The van der Waals surface area contributed by atoms with Gasteiger partial charge in [-0.1, -0.05) is 30.3 Å². The maximum atomic E-state index is 11.5. The molecule has 1 aliphatic heterocycles. The van der Waals surface area contributed by atoms with Crippen LogP contribution in [0.25, 0.3) is 0 Å². The van der Waals surface area contributed by atoms with Gasteiger partial charge in [0, 0.05) is 39.3 Å². The third kappa shape index (κ3) is 7.63. The van der Waals surface area contributed by atoms with Gasteiger partial charge in [0.2, 0.25) is 5.91 Å². The summed E-state index contributed by atoms with van der Waals surface area (Å²) in [6, 6.07) is 10.5. The first-order valence-corrected chi connectivity index (χ1v) is 9.28. The quantitative estimate of drug-likeness (QED) is 0.205. The van der Waals surface area contributed by atoms with Crippen LogP contribution in [0.3, 0.4) is 0 Å². The summed E-state index contributed by atoms with van der Waals surface area (Å²) in [4.78, 5) is 30.7. The molecular formula is C19H31IN6O2. The Balaban J connectivity index is 0.00000392. The predicted octanol–water partition coefficient (Wildman–Crippen LogP) is 1.23. The number of benzene rings is 1. The van der Waals surface area contributed by atoms with Crippen LogP contribution in [0.15, 0.2) is 35.3 Å². The van der Waals surface area contributed by atoms with Gasteiger partial charge in [-0.15, -0.1) is 24.0 Å². The Kier molecular flexibility index (Phi) is 10.8. The number of rotatable bonds is 9. The lowest BCUT2D eigenvalue weighted by molar-refractivity contribution is -0.124. The molecule has 1 aromatic rings. The van der Waals surface area contributed by atoms with Crippen LogP contribution in [0.5, 0.6) is 0 Å². The molecule has 0 spiro atoms. The summed E-state index contributed by atoms with van der Waals surface area (Å²) in [7, 11) is 3.83. The van der Waals surface area contributed by atoms with Gasteiger partial charge in [0.1, 0.15) is 0 Å². The van der Waals surface area contributed by atoms with Gasteiger partial charge in [0.25, 0.3) is 0 Å². The van der Waals surface area contributed by atoms with E-state index >= 15 is 0 Å². The van der Waals surface area contributed by atoms with Crippen molar-refractivity contribution in [3.63, 3.8) is 0 Å². The Morgan fingerprint density at radius 1 is 1.25 bits per heavy atom. The minimum absolute atomic E-state index is 0. The molecule has 0 saturated carbocycles. The first-order valence-electron chi connectivity index (χ1n) is 9.28. The van der Waals surface area contributed by atoms with E-state index in [2.05, 4.69) is 64.1 Å². The van der Waals surface area contributed by atoms with Crippen molar-refractivity contribution in [1.82, 2.24) is 25.8 Å². The number of carbonyl (C=O) groups is 2. The number of hydrogen-bond acceptors (Lipinski definition) is 4. The van der Waals surface area contributed by atoms with E-state index in [1.165, 1.54) is 10.5 Å². The minimum atomic E-state index is -0.333. The Bertz CT molecular complexity index is 639. The Morgan fingerprint density at radius 3 is 2.54 bits per heavy atom. The van der Waals surface area contributed by atoms with Crippen LogP contribution in [0.1, 0.15) is 18.9 Å². The summed E-state index contributed by atoms with van der Waals surface area (Å²) < 4.78 is 0. The van der Waals surface area contributed by atoms with E-state index in [0.29, 0.717) is 25.1 Å². The number of carbonyl (C=O) groups excluding carboxylic acids is 2. The second-order valence-corrected chi connectivity index (χ2v) is 6.67. The van der Waals surface area contributed by atoms with E-state index in [9.17, 15) is 9.59 Å². The number of hydrogen-bond donors (Lipinski definition) is 3. The number of nitrogens with one attached hydrogen (secondary N) is 3. The molecule has 1 unspecified atom stereocenters. The molecule has 3 amide bonds. The van der Waals surface area contributed by atoms with E-state index in [-0.39, 0.29) is 42.5 Å². The maximum Gasteiger partial charge on any atom is 0.324 e. The van der Waals surface area contributed by atoms with Gasteiger partial charge >= 0.3 is 6.03 Å². The lowest BCUT2D eigenvalue weighted by Gasteiger charge is -2.25. The first kappa shape index (κ1) is 24.2. The van der Waals surface area contributed by atoms with Crippen molar-refractivity contribution in [3.8, 4) is 0 Å². The lowest BCUT2D eigenvalue weighted by Crippen LogP contribution is -2.44. The average Bonchev–Trinajstić information content (AvgIpc) is 2.99. The standard InChI is InChI=1S/C19H30N6O2.HI/c1-15(24(3)14-16-7-5-4-6-8-16)9-10-21-18(20-2)22-11-12-25-17(26)13-23-19(25)27;/h4-8,15H,9-14H2,1-3H3,(H,23,27)(H2,20,21,22);1H. The van der Waals surface area contributed by atoms with Crippen LogP contribution in [-0.4, -0.2) is 74.0 Å². The summed E-state index contributed by atoms with van der Waals surface area (Å²) in [6.07, 6.45) is 0.969. The van der Waals surface area contributed by atoms with Crippen LogP contribution < -0.4 is 16.0 Å². The summed E-state index contributed by atoms with van der Waals surface area (Å²) in [5.41, 5.74) is 1.30. The monoisotopic (exact) mass is 502 g/mol. The van der Waals surface area contributed by atoms with Crippen molar-refractivity contribution in [2.24, 2.45) is 4.99 Å². The topological polar surface area (TPSA) is 89.1 Å². The Morgan fingerprint density at radius 2 is 1.93 bits per heavy atom. The third-order valence-corrected chi connectivity index (χ3v) is 4.67. The molecule has 156 valence electrons. The van der Waals surface area contributed by atoms with Gasteiger partial charge in [0.15, 0.2) is 5.96 Å². The molecule has 3 N–H and O–H groups in total. The number of imide groups is 1. The number of halogens is 1. The van der Waals surface area contributed by atoms with Gasteiger partial charge in [-0.05, 0) is 26.0 Å². The molecule has 1 aliphatic rings. The number of guanidine groups is 1. The van der Waals surface area contributed by atoms with E-state index in [4.69, 9.17) is 0 Å². The van der Waals surface area contributed by atoms with Crippen LogP contribution in [0.2, 0.25) is 0 Å². The smallest absolute Gasteiger partial charge is 0.324 e. The van der Waals surface area contributed by atoms with E-state index in [1.54, 1.807) is 7.05 Å². The van der Waals surface area contributed by atoms with Gasteiger partial charge in [-0.3, -0.25) is 19.6 Å². The molecule has 0 aromatic heterocycles. The summed E-state index contributed by atoms with van der Waals surface area (Å²) >= 11 is 0. The molecule has 0 radical (unpaired) electrons. The van der Waals surface area contributed by atoms with E-state index in [0.717, 1.165) is 19.5 Å². The number of nitrogens with zero attached hydrogens (tertiary/aromatic N) is 3. The lowest BCUT2D eigenvalue weighted by atomic mass is 10.1. The van der Waals surface area contributed by atoms with Gasteiger partial charge in [-0.25, -0.2) is 4.79 Å². The first-order chi connectivity index (χ1) is 13.0. The second kappa shape index (κ2) is 12.6. The minimum Gasteiger partial charge on any atom is -0.356 e. The second-order valence-electron chi connectivity index (χ2n) is 6.67. The highest BCUT2D eigenvalue weighted by atomic mass is 127. The molecule has 1 saturated heterocycles. The fraction of sp³-hybridized carbons (Fsp3) is 0.526. The van der Waals surface area contributed by atoms with Crippen LogP contribution in [0.4, 0.5) is 4.79 Å². The van der Waals surface area contributed by atoms with Crippen molar-refractivity contribution < 1.29 is 9.59 Å². The average molecular weight is 502 g/mol.